The molecule has 0 amide bonds. The number of pyridine rings is 1. The van der Waals surface area contributed by atoms with E-state index in [0.29, 0.717) is 6.54 Å². The van der Waals surface area contributed by atoms with Gasteiger partial charge < -0.3 is 14.2 Å². The quantitative estimate of drug-likeness (QED) is 0.105. The summed E-state index contributed by atoms with van der Waals surface area (Å²) in [6, 6.07) is 40.7. The second-order valence-corrected chi connectivity index (χ2v) is 10.8. The summed E-state index contributed by atoms with van der Waals surface area (Å²) in [5.41, 5.74) is 4.70. The van der Waals surface area contributed by atoms with Crippen molar-refractivity contribution < 1.29 is 23.6 Å². The van der Waals surface area contributed by atoms with Gasteiger partial charge in [-0.1, -0.05) is 92.6 Å². The van der Waals surface area contributed by atoms with Crippen molar-refractivity contribution in [2.45, 2.75) is 32.6 Å². The highest BCUT2D eigenvalue weighted by Crippen LogP contribution is 2.21. The number of rotatable bonds is 12. The largest absolute Gasteiger partial charge is 0.497 e. The Balaban J connectivity index is 0.000000246. The Hall–Kier alpha value is -4.84. The Morgan fingerprint density at radius 2 is 1.00 bits per heavy atom. The molecule has 0 bridgehead atoms. The Morgan fingerprint density at radius 3 is 1.39 bits per heavy atom. The van der Waals surface area contributed by atoms with Crippen molar-refractivity contribution in [1.82, 2.24) is 0 Å². The second-order valence-electron chi connectivity index (χ2n) is 10.8. The molecule has 0 radical (unpaired) electrons. The third-order valence-corrected chi connectivity index (χ3v) is 8.24. The molecule has 0 aliphatic carbocycles. The molecule has 1 heterocycles. The number of ketones is 1. The van der Waals surface area contributed by atoms with Crippen LogP contribution in [-0.4, -0.2) is 33.3 Å². The van der Waals surface area contributed by atoms with Gasteiger partial charge in [-0.3, -0.25) is 4.79 Å². The molecule has 1 aromatic heterocycles. The minimum Gasteiger partial charge on any atom is -0.497 e. The zero-order valence-corrected chi connectivity index (χ0v) is 26.2. The third-order valence-electron chi connectivity index (χ3n) is 8.24. The van der Waals surface area contributed by atoms with E-state index in [-0.39, 0.29) is 5.78 Å². The Bertz CT molecular complexity index is 1440. The van der Waals surface area contributed by atoms with Crippen LogP contribution in [0.4, 0.5) is 0 Å². The minimum absolute atomic E-state index is 0.131. The lowest BCUT2D eigenvalue weighted by Gasteiger charge is -2.43. The van der Waals surface area contributed by atoms with Crippen molar-refractivity contribution in [1.29, 1.82) is 0 Å². The average molecular weight is 588 g/mol. The van der Waals surface area contributed by atoms with Crippen molar-refractivity contribution in [2.24, 2.45) is 0 Å². The predicted octanol–water partition coefficient (Wildman–Crippen LogP) is 5.84. The van der Waals surface area contributed by atoms with Gasteiger partial charge in [0.05, 0.1) is 27.5 Å². The van der Waals surface area contributed by atoms with Gasteiger partial charge in [0.15, 0.2) is 12.4 Å². The second kappa shape index (κ2) is 16.1. The van der Waals surface area contributed by atoms with Crippen molar-refractivity contribution in [3.8, 4) is 17.2 Å². The predicted molar refractivity (Wildman–Crippen MR) is 181 cm³/mol. The van der Waals surface area contributed by atoms with Crippen LogP contribution in [0.3, 0.4) is 0 Å². The first-order valence-corrected chi connectivity index (χ1v) is 15.2. The van der Waals surface area contributed by atoms with Gasteiger partial charge in [0.25, 0.3) is 0 Å². The summed E-state index contributed by atoms with van der Waals surface area (Å²) < 4.78 is 18.1. The highest BCUT2D eigenvalue weighted by Gasteiger charge is 2.29. The topological polar surface area (TPSA) is 48.6 Å². The minimum atomic E-state index is -1.14. The number of aromatic nitrogens is 1. The fourth-order valence-corrected chi connectivity index (χ4v) is 5.81. The summed E-state index contributed by atoms with van der Waals surface area (Å²) in [5.74, 6) is 2.75. The molecule has 5 rings (SSSR count). The van der Waals surface area contributed by atoms with Crippen LogP contribution in [0.2, 0.25) is 6.32 Å². The van der Waals surface area contributed by atoms with Gasteiger partial charge in [0.2, 0.25) is 12.3 Å². The van der Waals surface area contributed by atoms with E-state index < -0.39 is 6.15 Å². The number of carbonyl (C=O) groups is 1. The first-order chi connectivity index (χ1) is 21.5. The van der Waals surface area contributed by atoms with Crippen LogP contribution < -0.4 is 35.2 Å². The zero-order chi connectivity index (χ0) is 31.2. The number of ether oxygens (including phenoxy) is 3. The van der Waals surface area contributed by atoms with Crippen LogP contribution in [0.25, 0.3) is 0 Å². The van der Waals surface area contributed by atoms with Crippen molar-refractivity contribution in [3.63, 3.8) is 0 Å². The molecule has 0 unspecified atom stereocenters. The summed E-state index contributed by atoms with van der Waals surface area (Å²) in [4.78, 5) is 11.8. The highest BCUT2D eigenvalue weighted by atomic mass is 16.5. The van der Waals surface area contributed by atoms with E-state index in [1.807, 2.05) is 65.5 Å². The maximum atomic E-state index is 11.8. The molecule has 0 saturated carbocycles. The molecule has 0 saturated heterocycles. The standard InChI is InChI=1S/C25H30BO3.C13H12NO/c1-5-6-19-26(20-7-13-23(27-2)14-8-20,21-9-15-24(28-3)16-10-21)22-11-17-25(29-4)18-12-22;15-13(12-7-3-1-4-8-12)11-14-9-5-2-6-10-14/h7-18H,5-6,19H2,1-4H3;1-10H,11H2/q-1;+1. The lowest BCUT2D eigenvalue weighted by molar-refractivity contribution is -0.683. The lowest BCUT2D eigenvalue weighted by Crippen LogP contribution is -2.66. The maximum Gasteiger partial charge on any atom is 0.227 e. The lowest BCUT2D eigenvalue weighted by atomic mass is 9.14. The number of unbranched alkanes of at least 4 members (excludes halogenated alkanes) is 1. The van der Waals surface area contributed by atoms with Gasteiger partial charge in [-0.25, -0.2) is 0 Å². The molecular formula is C38H42BNO4. The number of Topliss-reactive ketones (excluding diaryl/α,β-unsaturated/α-hetero) is 1. The normalized spacial score (nSPS) is 10.7. The van der Waals surface area contributed by atoms with Gasteiger partial charge in [-0.05, 0) is 36.4 Å². The Kier molecular flexibility index (Phi) is 11.8. The number of hydrogen-bond donors (Lipinski definition) is 0. The fourth-order valence-electron chi connectivity index (χ4n) is 5.81. The summed E-state index contributed by atoms with van der Waals surface area (Å²) in [7, 11) is 5.12. The molecular weight excluding hydrogens is 545 g/mol. The van der Waals surface area contributed by atoms with Crippen LogP contribution >= 0.6 is 0 Å². The molecule has 5 nitrogen and oxygen atoms in total. The molecule has 0 aliphatic rings. The van der Waals surface area contributed by atoms with E-state index in [1.165, 1.54) is 16.4 Å². The van der Waals surface area contributed by atoms with E-state index >= 15 is 0 Å². The summed E-state index contributed by atoms with van der Waals surface area (Å²) in [6.07, 6.45) is 6.00. The van der Waals surface area contributed by atoms with Crippen LogP contribution in [0, 0.1) is 0 Å². The van der Waals surface area contributed by atoms with E-state index in [0.717, 1.165) is 42.0 Å². The molecule has 0 fully saturated rings. The first-order valence-electron chi connectivity index (χ1n) is 15.2. The molecule has 5 aromatic rings. The maximum absolute atomic E-state index is 11.8. The van der Waals surface area contributed by atoms with E-state index in [1.54, 1.807) is 21.3 Å². The highest BCUT2D eigenvalue weighted by molar-refractivity contribution is 7.11. The Labute approximate surface area is 262 Å². The number of benzene rings is 4. The fraction of sp³-hybridized carbons (Fsp3) is 0.211. The van der Waals surface area contributed by atoms with Crippen molar-refractivity contribution in [3.05, 3.63) is 139 Å². The Morgan fingerprint density at radius 1 is 0.591 bits per heavy atom. The summed E-state index contributed by atoms with van der Waals surface area (Å²) in [6.45, 7) is 2.64. The van der Waals surface area contributed by atoms with Crippen LogP contribution in [0.15, 0.2) is 134 Å². The third kappa shape index (κ3) is 7.96. The van der Waals surface area contributed by atoms with E-state index in [4.69, 9.17) is 14.2 Å². The molecule has 4 aromatic carbocycles. The van der Waals surface area contributed by atoms with Crippen LogP contribution in [-0.2, 0) is 6.54 Å². The molecule has 0 atom stereocenters. The monoisotopic (exact) mass is 587 g/mol. The molecule has 0 spiro atoms. The van der Waals surface area contributed by atoms with Gasteiger partial charge >= 0.3 is 0 Å². The van der Waals surface area contributed by atoms with Gasteiger partial charge in [-0.2, -0.15) is 27.3 Å². The van der Waals surface area contributed by atoms with Crippen molar-refractivity contribution >= 4 is 28.3 Å². The SMILES string of the molecule is CCCC[B-](c1ccc(OC)cc1)(c1ccc(OC)cc1)c1ccc(OC)cc1.O=C(C[n+]1ccccc1)c1ccccc1. The number of carbonyl (C=O) groups excluding carboxylic acids is 1. The molecule has 226 valence electrons. The molecule has 0 N–H and O–H groups in total. The van der Waals surface area contributed by atoms with Crippen LogP contribution in [0.1, 0.15) is 30.1 Å². The van der Waals surface area contributed by atoms with Gasteiger partial charge in [-0.15, -0.1) is 0 Å². The average Bonchev–Trinajstić information content (AvgIpc) is 3.10. The molecule has 0 aliphatic heterocycles. The molecule has 44 heavy (non-hydrogen) atoms. The summed E-state index contributed by atoms with van der Waals surface area (Å²) >= 11 is 0. The van der Waals surface area contributed by atoms with E-state index in [2.05, 4.69) is 79.7 Å². The number of methoxy groups -OCH3 is 3. The van der Waals surface area contributed by atoms with Crippen LogP contribution in [0.5, 0.6) is 17.2 Å². The smallest absolute Gasteiger partial charge is 0.227 e. The van der Waals surface area contributed by atoms with Gasteiger partial charge in [0.1, 0.15) is 17.2 Å². The van der Waals surface area contributed by atoms with E-state index in [9.17, 15) is 4.79 Å². The zero-order valence-electron chi connectivity index (χ0n) is 26.2. The molecule has 6 heteroatoms. The first kappa shape index (κ1) is 32.1. The van der Waals surface area contributed by atoms with Crippen molar-refractivity contribution in [2.75, 3.05) is 21.3 Å². The number of hydrogen-bond acceptors (Lipinski definition) is 4. The number of nitrogens with zero attached hydrogens (tertiary/aromatic N) is 1. The summed E-state index contributed by atoms with van der Waals surface area (Å²) in [5, 5.41) is 0. The van der Waals surface area contributed by atoms with Gasteiger partial charge in [0, 0.05) is 17.7 Å².